The molecule has 148 valence electrons. The molecule has 2 saturated heterocycles. The average molecular weight is 382 g/mol. The number of anilines is 1. The van der Waals surface area contributed by atoms with Gasteiger partial charge in [-0.2, -0.15) is 4.98 Å². The Morgan fingerprint density at radius 1 is 1.00 bits per heavy atom. The predicted molar refractivity (Wildman–Crippen MR) is 109 cm³/mol. The Morgan fingerprint density at radius 2 is 1.75 bits per heavy atom. The minimum absolute atomic E-state index is 0.0140. The first kappa shape index (κ1) is 17.7. The molecule has 2 aromatic heterocycles. The molecule has 0 amide bonds. The first-order valence-electron chi connectivity index (χ1n) is 10.1. The second kappa shape index (κ2) is 7.54. The van der Waals surface area contributed by atoms with Gasteiger partial charge in [-0.3, -0.25) is 9.69 Å². The van der Waals surface area contributed by atoms with Crippen LogP contribution in [-0.4, -0.2) is 77.9 Å². The van der Waals surface area contributed by atoms with Crippen molar-refractivity contribution in [3.63, 3.8) is 0 Å². The van der Waals surface area contributed by atoms with Crippen molar-refractivity contribution >= 4 is 22.6 Å². The van der Waals surface area contributed by atoms with E-state index in [0.717, 1.165) is 88.2 Å². The van der Waals surface area contributed by atoms with Gasteiger partial charge in [-0.05, 0) is 12.1 Å². The molecule has 8 nitrogen and oxygen atoms in total. The summed E-state index contributed by atoms with van der Waals surface area (Å²) >= 11 is 0. The van der Waals surface area contributed by atoms with Gasteiger partial charge in [-0.1, -0.05) is 12.1 Å². The van der Waals surface area contributed by atoms with Crippen molar-refractivity contribution in [3.05, 3.63) is 40.7 Å². The van der Waals surface area contributed by atoms with Gasteiger partial charge in [-0.25, -0.2) is 4.40 Å². The Kier molecular flexibility index (Phi) is 4.76. The Hall–Kier alpha value is -2.42. The Balaban J connectivity index is 1.58. The number of nitrogens with one attached hydrogen (secondary N) is 1. The van der Waals surface area contributed by atoms with E-state index in [4.69, 9.17) is 9.72 Å². The van der Waals surface area contributed by atoms with Gasteiger partial charge < -0.3 is 19.5 Å². The molecule has 0 aliphatic carbocycles. The molecule has 0 atom stereocenters. The van der Waals surface area contributed by atoms with Gasteiger partial charge in [0.05, 0.1) is 24.2 Å². The fourth-order valence-corrected chi connectivity index (χ4v) is 4.20. The lowest BCUT2D eigenvalue weighted by atomic mass is 10.3. The van der Waals surface area contributed by atoms with Gasteiger partial charge in [0.25, 0.3) is 5.56 Å². The fourth-order valence-electron chi connectivity index (χ4n) is 4.20. The lowest BCUT2D eigenvalue weighted by Gasteiger charge is -2.28. The zero-order valence-corrected chi connectivity index (χ0v) is 16.0. The Morgan fingerprint density at radius 3 is 2.54 bits per heavy atom. The van der Waals surface area contributed by atoms with Crippen molar-refractivity contribution in [2.45, 2.75) is 6.54 Å². The summed E-state index contributed by atoms with van der Waals surface area (Å²) in [6, 6.07) is 9.75. The van der Waals surface area contributed by atoms with E-state index < -0.39 is 0 Å². The summed E-state index contributed by atoms with van der Waals surface area (Å²) in [5.74, 6) is 1.51. The van der Waals surface area contributed by atoms with Crippen LogP contribution in [0.3, 0.4) is 0 Å². The topological polar surface area (TPSA) is 67.0 Å². The number of aromatic nitrogens is 3. The van der Waals surface area contributed by atoms with E-state index >= 15 is 0 Å². The van der Waals surface area contributed by atoms with E-state index in [0.29, 0.717) is 0 Å². The number of rotatable bonds is 4. The van der Waals surface area contributed by atoms with E-state index in [1.807, 2.05) is 18.2 Å². The number of hydrogen-bond donors (Lipinski definition) is 1. The number of fused-ring (bicyclic) bond motifs is 3. The highest BCUT2D eigenvalue weighted by Gasteiger charge is 2.19. The molecule has 4 heterocycles. The van der Waals surface area contributed by atoms with Crippen LogP contribution in [0, 0.1) is 0 Å². The number of morpholine rings is 1. The van der Waals surface area contributed by atoms with Crippen LogP contribution >= 0.6 is 0 Å². The number of benzene rings is 1. The van der Waals surface area contributed by atoms with Crippen LogP contribution in [0.1, 0.15) is 0 Å². The molecule has 28 heavy (non-hydrogen) atoms. The highest BCUT2D eigenvalue weighted by Crippen LogP contribution is 2.20. The lowest BCUT2D eigenvalue weighted by molar-refractivity contribution is 0.0366. The number of piperazine rings is 1. The van der Waals surface area contributed by atoms with Gasteiger partial charge >= 0.3 is 0 Å². The second-order valence-corrected chi connectivity index (χ2v) is 7.42. The van der Waals surface area contributed by atoms with Gasteiger partial charge in [0.1, 0.15) is 5.82 Å². The van der Waals surface area contributed by atoms with E-state index in [2.05, 4.69) is 25.8 Å². The maximum atomic E-state index is 13.0. The zero-order chi connectivity index (χ0) is 18.9. The fraction of sp³-hybridized carbons (Fsp3) is 0.500. The third-order valence-electron chi connectivity index (χ3n) is 5.73. The first-order valence-corrected chi connectivity index (χ1v) is 10.1. The van der Waals surface area contributed by atoms with Crippen LogP contribution in [0.25, 0.3) is 16.8 Å². The van der Waals surface area contributed by atoms with Crippen LogP contribution in [0.2, 0.25) is 0 Å². The molecule has 2 aliphatic rings. The van der Waals surface area contributed by atoms with Crippen molar-refractivity contribution in [3.8, 4) is 0 Å². The van der Waals surface area contributed by atoms with Crippen molar-refractivity contribution in [1.82, 2.24) is 24.2 Å². The summed E-state index contributed by atoms with van der Waals surface area (Å²) in [7, 11) is 0. The predicted octanol–water partition coefficient (Wildman–Crippen LogP) is 0.391. The number of ether oxygens (including phenoxy) is 1. The lowest BCUT2D eigenvalue weighted by Crippen LogP contribution is -2.44. The van der Waals surface area contributed by atoms with E-state index in [9.17, 15) is 4.79 Å². The summed E-state index contributed by atoms with van der Waals surface area (Å²) < 4.78 is 9.40. The number of nitrogens with zero attached hydrogens (tertiary/aromatic N) is 5. The maximum Gasteiger partial charge on any atom is 0.261 e. The molecule has 0 radical (unpaired) electrons. The number of hydrogen-bond acceptors (Lipinski definition) is 6. The molecule has 0 unspecified atom stereocenters. The summed E-state index contributed by atoms with van der Waals surface area (Å²) in [5, 5.41) is 3.35. The monoisotopic (exact) mass is 382 g/mol. The molecular weight excluding hydrogens is 356 g/mol. The quantitative estimate of drug-likeness (QED) is 0.704. The minimum Gasteiger partial charge on any atom is -0.379 e. The van der Waals surface area contributed by atoms with Crippen LogP contribution in [-0.2, 0) is 11.3 Å². The maximum absolute atomic E-state index is 13.0. The smallest absolute Gasteiger partial charge is 0.261 e. The second-order valence-electron chi connectivity index (χ2n) is 7.42. The standard InChI is InChI=1S/C20H26N6O2/c27-19-15-18(24-7-5-21-6-8-24)22-20-25(10-9-23-11-13-28-14-12-23)16-3-1-2-4-17(16)26(19)20/h1-4,15,21H,5-14H2. The molecule has 2 aliphatic heterocycles. The summed E-state index contributed by atoms with van der Waals surface area (Å²) in [4.78, 5) is 22.6. The largest absolute Gasteiger partial charge is 0.379 e. The summed E-state index contributed by atoms with van der Waals surface area (Å²) in [6.07, 6.45) is 0. The molecule has 3 aromatic rings. The van der Waals surface area contributed by atoms with Gasteiger partial charge in [0.2, 0.25) is 5.78 Å². The SMILES string of the molecule is O=c1cc(N2CCNCC2)nc2n(CCN3CCOCC3)c3ccccc3n12. The van der Waals surface area contributed by atoms with E-state index in [1.165, 1.54) is 0 Å². The van der Waals surface area contributed by atoms with Crippen molar-refractivity contribution in [2.75, 3.05) is 63.9 Å². The van der Waals surface area contributed by atoms with E-state index in [1.54, 1.807) is 10.5 Å². The molecule has 2 fully saturated rings. The van der Waals surface area contributed by atoms with Gasteiger partial charge in [-0.15, -0.1) is 0 Å². The molecule has 0 saturated carbocycles. The van der Waals surface area contributed by atoms with Crippen molar-refractivity contribution in [1.29, 1.82) is 0 Å². The molecule has 5 rings (SSSR count). The van der Waals surface area contributed by atoms with Crippen LogP contribution in [0.5, 0.6) is 0 Å². The number of para-hydroxylation sites is 2. The van der Waals surface area contributed by atoms with E-state index in [-0.39, 0.29) is 5.56 Å². The third kappa shape index (κ3) is 3.17. The average Bonchev–Trinajstić information content (AvgIpc) is 3.07. The molecule has 0 bridgehead atoms. The highest BCUT2D eigenvalue weighted by molar-refractivity contribution is 5.81. The molecule has 1 N–H and O–H groups in total. The normalized spacial score (nSPS) is 18.9. The summed E-state index contributed by atoms with van der Waals surface area (Å²) in [6.45, 7) is 8.79. The van der Waals surface area contributed by atoms with Crippen LogP contribution in [0.15, 0.2) is 35.1 Å². The first-order chi connectivity index (χ1) is 13.8. The number of imidazole rings is 1. The van der Waals surface area contributed by atoms with Gasteiger partial charge in [0, 0.05) is 58.4 Å². The molecule has 0 spiro atoms. The van der Waals surface area contributed by atoms with Crippen LogP contribution in [0.4, 0.5) is 5.82 Å². The molecular formula is C20H26N6O2. The Labute approximate surface area is 163 Å². The minimum atomic E-state index is -0.0140. The van der Waals surface area contributed by atoms with Crippen molar-refractivity contribution < 1.29 is 4.74 Å². The molecule has 1 aromatic carbocycles. The van der Waals surface area contributed by atoms with Crippen LogP contribution < -0.4 is 15.8 Å². The third-order valence-corrected chi connectivity index (χ3v) is 5.73. The van der Waals surface area contributed by atoms with Crippen molar-refractivity contribution in [2.24, 2.45) is 0 Å². The zero-order valence-electron chi connectivity index (χ0n) is 16.0. The molecule has 8 heteroatoms. The van der Waals surface area contributed by atoms with Gasteiger partial charge in [0.15, 0.2) is 0 Å². The Bertz CT molecular complexity index is 1030. The highest BCUT2D eigenvalue weighted by atomic mass is 16.5. The summed E-state index contributed by atoms with van der Waals surface area (Å²) in [5.41, 5.74) is 1.96.